The molecule has 2 fully saturated rings. The molecule has 0 aromatic carbocycles. The molecule has 1 aromatic heterocycles. The Hall–Kier alpha value is -0.870. The summed E-state index contributed by atoms with van der Waals surface area (Å²) in [5.41, 5.74) is 2.56. The lowest BCUT2D eigenvalue weighted by atomic mass is 9.94. The second kappa shape index (κ2) is 5.02. The van der Waals surface area contributed by atoms with E-state index in [0.717, 1.165) is 24.9 Å². The molecule has 0 bridgehead atoms. The summed E-state index contributed by atoms with van der Waals surface area (Å²) in [4.78, 5) is 2.59. The fraction of sp³-hybridized carbons (Fsp3) is 0.786. The molecule has 2 aliphatic rings. The zero-order valence-electron chi connectivity index (χ0n) is 11.5. The first-order chi connectivity index (χ1) is 8.76. The van der Waals surface area contributed by atoms with Crippen molar-refractivity contribution in [3.8, 4) is 0 Å². The van der Waals surface area contributed by atoms with Crippen molar-refractivity contribution in [3.05, 3.63) is 17.5 Å². The van der Waals surface area contributed by atoms with Crippen LogP contribution in [-0.2, 0) is 20.0 Å². The lowest BCUT2D eigenvalue weighted by Gasteiger charge is -2.24. The molecule has 2 saturated heterocycles. The van der Waals surface area contributed by atoms with Crippen molar-refractivity contribution >= 4 is 0 Å². The molecule has 0 spiro atoms. The first kappa shape index (κ1) is 12.2. The average Bonchev–Trinajstić information content (AvgIpc) is 2.93. The van der Waals surface area contributed by atoms with Crippen LogP contribution in [0.3, 0.4) is 0 Å². The standard InChI is InChI=1S/C14H24N4/c1-3-12-7-13(17(2)16-12)9-18-8-11-5-4-6-15-14(11)10-18/h7,11,14-15H,3-6,8-10H2,1-2H3. The number of aryl methyl sites for hydroxylation is 2. The van der Waals surface area contributed by atoms with Crippen LogP contribution in [0.5, 0.6) is 0 Å². The summed E-state index contributed by atoms with van der Waals surface area (Å²) >= 11 is 0. The number of nitrogens with zero attached hydrogens (tertiary/aromatic N) is 3. The number of hydrogen-bond acceptors (Lipinski definition) is 3. The fourth-order valence-corrected chi connectivity index (χ4v) is 3.39. The highest BCUT2D eigenvalue weighted by Gasteiger charge is 2.34. The molecule has 4 heteroatoms. The van der Waals surface area contributed by atoms with Crippen LogP contribution in [0.25, 0.3) is 0 Å². The van der Waals surface area contributed by atoms with Gasteiger partial charge in [-0.15, -0.1) is 0 Å². The van der Waals surface area contributed by atoms with E-state index < -0.39 is 0 Å². The van der Waals surface area contributed by atoms with Crippen LogP contribution in [0.2, 0.25) is 0 Å². The smallest absolute Gasteiger partial charge is 0.0625 e. The van der Waals surface area contributed by atoms with Crippen molar-refractivity contribution in [3.63, 3.8) is 0 Å². The number of aromatic nitrogens is 2. The Balaban J connectivity index is 1.64. The maximum Gasteiger partial charge on any atom is 0.0625 e. The van der Waals surface area contributed by atoms with Gasteiger partial charge in [-0.2, -0.15) is 5.10 Å². The van der Waals surface area contributed by atoms with E-state index in [0.29, 0.717) is 0 Å². The van der Waals surface area contributed by atoms with Crippen LogP contribution in [0.1, 0.15) is 31.2 Å². The molecule has 0 radical (unpaired) electrons. The van der Waals surface area contributed by atoms with Gasteiger partial charge < -0.3 is 5.32 Å². The normalized spacial score (nSPS) is 28.6. The zero-order valence-corrected chi connectivity index (χ0v) is 11.5. The first-order valence-electron chi connectivity index (χ1n) is 7.23. The van der Waals surface area contributed by atoms with Crippen LogP contribution >= 0.6 is 0 Å². The van der Waals surface area contributed by atoms with Crippen molar-refractivity contribution in [1.82, 2.24) is 20.0 Å². The molecule has 2 unspecified atom stereocenters. The van der Waals surface area contributed by atoms with E-state index in [4.69, 9.17) is 0 Å². The summed E-state index contributed by atoms with van der Waals surface area (Å²) in [6.45, 7) is 6.89. The van der Waals surface area contributed by atoms with Crippen molar-refractivity contribution < 1.29 is 0 Å². The van der Waals surface area contributed by atoms with E-state index in [1.54, 1.807) is 0 Å². The molecule has 2 aliphatic heterocycles. The van der Waals surface area contributed by atoms with Gasteiger partial charge in [0.25, 0.3) is 0 Å². The van der Waals surface area contributed by atoms with Crippen molar-refractivity contribution in [2.75, 3.05) is 19.6 Å². The second-order valence-corrected chi connectivity index (χ2v) is 5.76. The van der Waals surface area contributed by atoms with E-state index in [1.807, 2.05) is 4.68 Å². The van der Waals surface area contributed by atoms with Gasteiger partial charge in [0.1, 0.15) is 0 Å². The van der Waals surface area contributed by atoms with Crippen LogP contribution in [0.15, 0.2) is 6.07 Å². The predicted octanol–water partition coefficient (Wildman–Crippen LogP) is 1.17. The average molecular weight is 248 g/mol. The van der Waals surface area contributed by atoms with Crippen LogP contribution in [0.4, 0.5) is 0 Å². The number of fused-ring (bicyclic) bond motifs is 1. The molecule has 1 aromatic rings. The molecule has 0 amide bonds. The number of piperidine rings is 1. The zero-order chi connectivity index (χ0) is 12.5. The first-order valence-corrected chi connectivity index (χ1v) is 7.23. The third-order valence-corrected chi connectivity index (χ3v) is 4.45. The van der Waals surface area contributed by atoms with Gasteiger partial charge in [-0.05, 0) is 37.8 Å². The van der Waals surface area contributed by atoms with Gasteiger partial charge in [0.2, 0.25) is 0 Å². The van der Waals surface area contributed by atoms with Gasteiger partial charge in [0, 0.05) is 32.7 Å². The maximum absolute atomic E-state index is 4.54. The monoisotopic (exact) mass is 248 g/mol. The Morgan fingerprint density at radius 3 is 3.06 bits per heavy atom. The minimum absolute atomic E-state index is 0.734. The molecule has 3 rings (SSSR count). The number of likely N-dealkylation sites (tertiary alicyclic amines) is 1. The Morgan fingerprint density at radius 2 is 2.33 bits per heavy atom. The van der Waals surface area contributed by atoms with Gasteiger partial charge in [0.15, 0.2) is 0 Å². The van der Waals surface area contributed by atoms with Crippen molar-refractivity contribution in [1.29, 1.82) is 0 Å². The molecule has 100 valence electrons. The van der Waals surface area contributed by atoms with Crippen LogP contribution in [0, 0.1) is 5.92 Å². The highest BCUT2D eigenvalue weighted by atomic mass is 15.3. The number of rotatable bonds is 3. The topological polar surface area (TPSA) is 33.1 Å². The van der Waals surface area contributed by atoms with Gasteiger partial charge in [-0.3, -0.25) is 9.58 Å². The molecule has 18 heavy (non-hydrogen) atoms. The van der Waals surface area contributed by atoms with E-state index in [2.05, 4.69) is 35.4 Å². The summed E-state index contributed by atoms with van der Waals surface area (Å²) in [5.74, 6) is 0.873. The highest BCUT2D eigenvalue weighted by molar-refractivity contribution is 5.10. The highest BCUT2D eigenvalue weighted by Crippen LogP contribution is 2.26. The Labute approximate surface area is 109 Å². The van der Waals surface area contributed by atoms with Crippen molar-refractivity contribution in [2.24, 2.45) is 13.0 Å². The molecule has 1 N–H and O–H groups in total. The minimum Gasteiger partial charge on any atom is -0.312 e. The molecule has 2 atom stereocenters. The van der Waals surface area contributed by atoms with E-state index in [9.17, 15) is 0 Å². The third kappa shape index (κ3) is 2.31. The van der Waals surface area contributed by atoms with Crippen LogP contribution < -0.4 is 5.32 Å². The molecular weight excluding hydrogens is 224 g/mol. The third-order valence-electron chi connectivity index (χ3n) is 4.45. The quantitative estimate of drug-likeness (QED) is 0.871. The lowest BCUT2D eigenvalue weighted by molar-refractivity contribution is 0.304. The summed E-state index contributed by atoms with van der Waals surface area (Å²) in [6, 6.07) is 2.99. The van der Waals surface area contributed by atoms with E-state index in [-0.39, 0.29) is 0 Å². The predicted molar refractivity (Wildman–Crippen MR) is 72.4 cm³/mol. The molecular formula is C14H24N4. The second-order valence-electron chi connectivity index (χ2n) is 5.76. The Kier molecular flexibility index (Phi) is 3.39. The van der Waals surface area contributed by atoms with Crippen molar-refractivity contribution in [2.45, 2.75) is 38.8 Å². The van der Waals surface area contributed by atoms with E-state index in [1.165, 1.54) is 43.9 Å². The largest absolute Gasteiger partial charge is 0.312 e. The Bertz CT molecular complexity index is 398. The lowest BCUT2D eigenvalue weighted by Crippen LogP contribution is -2.40. The molecule has 3 heterocycles. The summed E-state index contributed by atoms with van der Waals surface area (Å²) in [6.07, 6.45) is 3.78. The Morgan fingerprint density at radius 1 is 1.44 bits per heavy atom. The fourth-order valence-electron chi connectivity index (χ4n) is 3.39. The van der Waals surface area contributed by atoms with Gasteiger partial charge in [-0.1, -0.05) is 6.92 Å². The van der Waals surface area contributed by atoms with Gasteiger partial charge >= 0.3 is 0 Å². The SMILES string of the molecule is CCc1cc(CN2CC3CCCNC3C2)n(C)n1. The number of hydrogen-bond donors (Lipinski definition) is 1. The summed E-state index contributed by atoms with van der Waals surface area (Å²) in [5, 5.41) is 8.20. The molecule has 0 saturated carbocycles. The van der Waals surface area contributed by atoms with Crippen LogP contribution in [-0.4, -0.2) is 40.4 Å². The van der Waals surface area contributed by atoms with E-state index >= 15 is 0 Å². The van der Waals surface area contributed by atoms with Gasteiger partial charge in [-0.25, -0.2) is 0 Å². The summed E-state index contributed by atoms with van der Waals surface area (Å²) < 4.78 is 2.05. The molecule has 4 nitrogen and oxygen atoms in total. The maximum atomic E-state index is 4.54. The summed E-state index contributed by atoms with van der Waals surface area (Å²) in [7, 11) is 2.07. The van der Waals surface area contributed by atoms with Gasteiger partial charge in [0.05, 0.1) is 11.4 Å². The molecule has 0 aliphatic carbocycles. The number of nitrogens with one attached hydrogen (secondary N) is 1. The minimum atomic E-state index is 0.734.